The molecule has 79 heavy (non-hydrogen) atoms. The number of esters is 3. The van der Waals surface area contributed by atoms with Gasteiger partial charge in [-0.15, -0.1) is 0 Å². The minimum absolute atomic E-state index is 0.0722. The highest BCUT2D eigenvalue weighted by atomic mass is 16.6. The van der Waals surface area contributed by atoms with Gasteiger partial charge >= 0.3 is 17.9 Å². The maximum atomic E-state index is 13.0. The zero-order valence-electron chi connectivity index (χ0n) is 52.9. The van der Waals surface area contributed by atoms with Crippen LogP contribution >= 0.6 is 0 Å². The second kappa shape index (κ2) is 67.6. The fraction of sp³-hybridized carbons (Fsp3) is 0.822. The van der Waals surface area contributed by atoms with E-state index in [9.17, 15) is 14.4 Å². The summed E-state index contributed by atoms with van der Waals surface area (Å²) in [5.74, 6) is -0.852. The molecule has 0 aliphatic rings. The number of carbonyl (C=O) groups is 3. The van der Waals surface area contributed by atoms with Gasteiger partial charge in [-0.05, 0) is 83.5 Å². The Balaban J connectivity index is 4.31. The van der Waals surface area contributed by atoms with Crippen LogP contribution in [-0.2, 0) is 28.6 Å². The van der Waals surface area contributed by atoms with Gasteiger partial charge in [-0.2, -0.15) is 0 Å². The molecular weight excluding hydrogens is 973 g/mol. The molecule has 0 aromatic carbocycles. The predicted octanol–water partition coefficient (Wildman–Crippen LogP) is 23.9. The minimum Gasteiger partial charge on any atom is -0.462 e. The van der Waals surface area contributed by atoms with Gasteiger partial charge in [0.1, 0.15) is 13.2 Å². The fourth-order valence-corrected chi connectivity index (χ4v) is 10.3. The van der Waals surface area contributed by atoms with Crippen LogP contribution in [0, 0.1) is 0 Å². The molecule has 1 unspecified atom stereocenters. The lowest BCUT2D eigenvalue weighted by Gasteiger charge is -2.18. The van der Waals surface area contributed by atoms with Crippen LogP contribution in [0.15, 0.2) is 60.8 Å². The molecule has 6 nitrogen and oxygen atoms in total. The molecule has 0 aromatic heterocycles. The van der Waals surface area contributed by atoms with Crippen molar-refractivity contribution >= 4 is 17.9 Å². The maximum absolute atomic E-state index is 13.0. The van der Waals surface area contributed by atoms with Gasteiger partial charge in [0.05, 0.1) is 0 Å². The first-order valence-corrected chi connectivity index (χ1v) is 34.8. The monoisotopic (exact) mass is 1110 g/mol. The van der Waals surface area contributed by atoms with E-state index in [2.05, 4.69) is 81.5 Å². The Kier molecular flexibility index (Phi) is 65.1. The van der Waals surface area contributed by atoms with Gasteiger partial charge in [-0.3, -0.25) is 14.4 Å². The van der Waals surface area contributed by atoms with Crippen LogP contribution in [-0.4, -0.2) is 37.2 Å². The number of carbonyl (C=O) groups excluding carboxylic acids is 3. The zero-order valence-corrected chi connectivity index (χ0v) is 52.9. The second-order valence-corrected chi connectivity index (χ2v) is 23.4. The third-order valence-electron chi connectivity index (χ3n) is 15.5. The van der Waals surface area contributed by atoms with Crippen molar-refractivity contribution in [3.8, 4) is 0 Å². The van der Waals surface area contributed by atoms with Gasteiger partial charge in [0, 0.05) is 19.3 Å². The summed E-state index contributed by atoms with van der Waals surface area (Å²) in [6.45, 7) is 6.59. The highest BCUT2D eigenvalue weighted by molar-refractivity contribution is 5.71. The van der Waals surface area contributed by atoms with Crippen molar-refractivity contribution in [3.63, 3.8) is 0 Å². The molecule has 0 radical (unpaired) electrons. The molecule has 0 rings (SSSR count). The van der Waals surface area contributed by atoms with Gasteiger partial charge in [0.15, 0.2) is 6.10 Å². The summed E-state index contributed by atoms with van der Waals surface area (Å²) in [5.41, 5.74) is 0. The fourth-order valence-electron chi connectivity index (χ4n) is 10.3. The van der Waals surface area contributed by atoms with Crippen molar-refractivity contribution < 1.29 is 28.6 Å². The summed E-state index contributed by atoms with van der Waals surface area (Å²) in [7, 11) is 0. The van der Waals surface area contributed by atoms with Crippen LogP contribution in [0.25, 0.3) is 0 Å². The number of rotatable bonds is 64. The van der Waals surface area contributed by atoms with Crippen molar-refractivity contribution in [2.75, 3.05) is 13.2 Å². The number of ether oxygens (including phenoxy) is 3. The Labute approximate surface area is 491 Å². The van der Waals surface area contributed by atoms with Gasteiger partial charge in [0.25, 0.3) is 0 Å². The molecule has 0 amide bonds. The number of hydrogen-bond donors (Lipinski definition) is 0. The molecule has 6 heteroatoms. The lowest BCUT2D eigenvalue weighted by Crippen LogP contribution is -2.30. The quantitative estimate of drug-likeness (QED) is 0.0261. The highest BCUT2D eigenvalue weighted by Crippen LogP contribution is 2.18. The Hall–Kier alpha value is -2.89. The standard InChI is InChI=1S/C73H132O6/c1-4-7-10-13-16-19-22-25-28-31-33-34-35-36-37-38-40-42-45-48-51-54-57-60-63-66-72(75)78-69-70(68-77-71(74)65-62-59-56-53-50-47-44-41-30-27-24-21-18-15-12-9-6-3)79-73(76)67-64-61-58-55-52-49-46-43-39-32-29-26-23-20-17-14-11-8-5-2/h7,10,16,19,25,27-28,30,33-34,70H,4-6,8-9,11-15,17-18,20-24,26,29,31-32,35-69H2,1-3H3/b10-7-,19-16-,28-25-,30-27-,34-33-. The van der Waals surface area contributed by atoms with E-state index in [1.54, 1.807) is 0 Å². The lowest BCUT2D eigenvalue weighted by atomic mass is 10.0. The van der Waals surface area contributed by atoms with Crippen molar-refractivity contribution in [3.05, 3.63) is 60.8 Å². The van der Waals surface area contributed by atoms with E-state index in [0.717, 1.165) is 83.5 Å². The molecule has 1 atom stereocenters. The lowest BCUT2D eigenvalue weighted by molar-refractivity contribution is -0.167. The molecule has 0 aromatic rings. The van der Waals surface area contributed by atoms with E-state index in [1.807, 2.05) is 0 Å². The smallest absolute Gasteiger partial charge is 0.306 e. The minimum atomic E-state index is -0.776. The molecule has 0 bridgehead atoms. The summed E-state index contributed by atoms with van der Waals surface area (Å²) >= 11 is 0. The average Bonchev–Trinajstić information content (AvgIpc) is 3.45. The Morgan fingerprint density at radius 2 is 0.494 bits per heavy atom. The third kappa shape index (κ3) is 65.8. The normalized spacial score (nSPS) is 12.4. The average molecular weight is 1110 g/mol. The zero-order chi connectivity index (χ0) is 57.1. The van der Waals surface area contributed by atoms with E-state index in [4.69, 9.17) is 14.2 Å². The first-order valence-electron chi connectivity index (χ1n) is 34.8. The Bertz CT molecular complexity index is 1410. The molecule has 460 valence electrons. The Morgan fingerprint density at radius 1 is 0.266 bits per heavy atom. The van der Waals surface area contributed by atoms with Gasteiger partial charge in [0.2, 0.25) is 0 Å². The summed E-state index contributed by atoms with van der Waals surface area (Å²) in [4.78, 5) is 38.5. The molecule has 0 saturated carbocycles. The Morgan fingerprint density at radius 3 is 0.785 bits per heavy atom. The molecular formula is C73H132O6. The first-order chi connectivity index (χ1) is 39.0. The number of unbranched alkanes of at least 4 members (excludes halogenated alkanes) is 43. The van der Waals surface area contributed by atoms with Crippen LogP contribution in [0.2, 0.25) is 0 Å². The molecule has 0 heterocycles. The number of hydrogen-bond acceptors (Lipinski definition) is 6. The second-order valence-electron chi connectivity index (χ2n) is 23.4. The first kappa shape index (κ1) is 76.1. The van der Waals surface area contributed by atoms with Crippen molar-refractivity contribution in [2.24, 2.45) is 0 Å². The van der Waals surface area contributed by atoms with Crippen molar-refractivity contribution in [1.29, 1.82) is 0 Å². The van der Waals surface area contributed by atoms with Crippen LogP contribution in [0.1, 0.15) is 367 Å². The molecule has 0 aliphatic carbocycles. The van der Waals surface area contributed by atoms with Crippen molar-refractivity contribution in [1.82, 2.24) is 0 Å². The van der Waals surface area contributed by atoms with E-state index >= 15 is 0 Å². The van der Waals surface area contributed by atoms with Crippen molar-refractivity contribution in [2.45, 2.75) is 374 Å². The SMILES string of the molecule is CC/C=C\C/C=C\C/C=C\C/C=C\CCCCCCCCCCCCCCC(=O)OCC(COC(=O)CCCCCCCCC/C=C\CCCCCCCC)OC(=O)CCCCCCCCCCCCCCCCCCCCC. The van der Waals surface area contributed by atoms with Gasteiger partial charge in [-0.1, -0.05) is 326 Å². The van der Waals surface area contributed by atoms with Gasteiger partial charge in [-0.25, -0.2) is 0 Å². The largest absolute Gasteiger partial charge is 0.462 e. The van der Waals surface area contributed by atoms with Crippen LogP contribution < -0.4 is 0 Å². The highest BCUT2D eigenvalue weighted by Gasteiger charge is 2.19. The molecule has 0 N–H and O–H groups in total. The summed E-state index contributed by atoms with van der Waals surface area (Å²) in [6.07, 6.45) is 86.6. The van der Waals surface area contributed by atoms with Crippen LogP contribution in [0.3, 0.4) is 0 Å². The molecule has 0 fully saturated rings. The third-order valence-corrected chi connectivity index (χ3v) is 15.5. The maximum Gasteiger partial charge on any atom is 0.306 e. The molecule has 0 spiro atoms. The topological polar surface area (TPSA) is 78.9 Å². The number of allylic oxidation sites excluding steroid dienone is 10. The molecule has 0 aliphatic heterocycles. The van der Waals surface area contributed by atoms with Gasteiger partial charge < -0.3 is 14.2 Å². The summed E-state index contributed by atoms with van der Waals surface area (Å²) in [6, 6.07) is 0. The van der Waals surface area contributed by atoms with E-state index < -0.39 is 6.10 Å². The molecule has 0 saturated heterocycles. The van der Waals surface area contributed by atoms with E-state index in [0.29, 0.717) is 19.3 Å². The van der Waals surface area contributed by atoms with E-state index in [-0.39, 0.29) is 31.1 Å². The summed E-state index contributed by atoms with van der Waals surface area (Å²) < 4.78 is 17.0. The van der Waals surface area contributed by atoms with Crippen LogP contribution in [0.4, 0.5) is 0 Å². The predicted molar refractivity (Wildman–Crippen MR) is 344 cm³/mol. The van der Waals surface area contributed by atoms with E-state index in [1.165, 1.54) is 244 Å². The van der Waals surface area contributed by atoms with Crippen LogP contribution in [0.5, 0.6) is 0 Å². The summed E-state index contributed by atoms with van der Waals surface area (Å²) in [5, 5.41) is 0.